The lowest BCUT2D eigenvalue weighted by Crippen LogP contribution is -2.32. The molecule has 130 valence electrons. The van der Waals surface area contributed by atoms with E-state index in [2.05, 4.69) is 10.6 Å². The Kier molecular flexibility index (Phi) is 14.6. The Hall–Kier alpha value is -1.62. The highest BCUT2D eigenvalue weighted by Crippen LogP contribution is 1.82. The molecule has 0 aromatic heterocycles. The van der Waals surface area contributed by atoms with Gasteiger partial charge >= 0.3 is 12.1 Å². The summed E-state index contributed by atoms with van der Waals surface area (Å²) < 4.78 is 20.9. The molecule has 10 heteroatoms. The van der Waals surface area contributed by atoms with E-state index in [0.29, 0.717) is 65.9 Å². The molecule has 0 spiro atoms. The summed E-state index contributed by atoms with van der Waals surface area (Å²) in [4.78, 5) is 20.7. The summed E-state index contributed by atoms with van der Waals surface area (Å²) in [6.07, 6.45) is 0. The van der Waals surface area contributed by atoms with Crippen LogP contribution in [0.2, 0.25) is 0 Å². The number of hydrogen-bond donors (Lipinski definition) is 4. The van der Waals surface area contributed by atoms with Gasteiger partial charge in [0.1, 0.15) is 0 Å². The molecule has 0 aromatic carbocycles. The monoisotopic (exact) mass is 322 g/mol. The van der Waals surface area contributed by atoms with Gasteiger partial charge in [0.25, 0.3) is 0 Å². The van der Waals surface area contributed by atoms with Crippen LogP contribution in [0.5, 0.6) is 0 Å². The molecule has 0 aliphatic rings. The van der Waals surface area contributed by atoms with Gasteiger partial charge in [0.2, 0.25) is 0 Å². The molecule has 0 radical (unpaired) electrons. The predicted molar refractivity (Wildman–Crippen MR) is 78.4 cm³/mol. The van der Waals surface area contributed by atoms with Gasteiger partial charge in [0, 0.05) is 13.1 Å². The lowest BCUT2D eigenvalue weighted by Gasteiger charge is -2.07. The molecule has 0 heterocycles. The second-order valence-electron chi connectivity index (χ2n) is 4.03. The average molecular weight is 322 g/mol. The van der Waals surface area contributed by atoms with Crippen molar-refractivity contribution in [2.24, 2.45) is 11.5 Å². The first kappa shape index (κ1) is 20.4. The maximum absolute atomic E-state index is 10.3. The normalized spacial score (nSPS) is 10.4. The highest BCUT2D eigenvalue weighted by Gasteiger charge is 1.94. The van der Waals surface area contributed by atoms with Crippen molar-refractivity contribution in [1.82, 2.24) is 10.6 Å². The Labute approximate surface area is 129 Å². The molecule has 0 bridgehead atoms. The maximum Gasteiger partial charge on any atom is 0.312 e. The van der Waals surface area contributed by atoms with Crippen LogP contribution in [-0.2, 0) is 18.9 Å². The molecule has 10 nitrogen and oxygen atoms in total. The Bertz CT molecular complexity index is 265. The summed E-state index contributed by atoms with van der Waals surface area (Å²) in [6.45, 7) is 4.27. The van der Waals surface area contributed by atoms with E-state index < -0.39 is 12.1 Å². The molecule has 22 heavy (non-hydrogen) atoms. The van der Waals surface area contributed by atoms with E-state index in [1.165, 1.54) is 0 Å². The first-order chi connectivity index (χ1) is 10.6. The minimum absolute atomic E-state index is 0.382. The Morgan fingerprint density at radius 2 is 0.864 bits per heavy atom. The van der Waals surface area contributed by atoms with Gasteiger partial charge < -0.3 is 41.0 Å². The van der Waals surface area contributed by atoms with E-state index in [9.17, 15) is 9.59 Å². The van der Waals surface area contributed by atoms with Crippen molar-refractivity contribution in [2.45, 2.75) is 0 Å². The van der Waals surface area contributed by atoms with Crippen LogP contribution in [0.1, 0.15) is 0 Å². The van der Waals surface area contributed by atoms with Crippen molar-refractivity contribution in [3.05, 3.63) is 0 Å². The summed E-state index contributed by atoms with van der Waals surface area (Å²) in [7, 11) is 0. The Morgan fingerprint density at radius 1 is 0.591 bits per heavy atom. The molecule has 0 aliphatic carbocycles. The van der Waals surface area contributed by atoms with Gasteiger partial charge in [-0.2, -0.15) is 0 Å². The zero-order valence-corrected chi connectivity index (χ0v) is 12.7. The van der Waals surface area contributed by atoms with Gasteiger partial charge in [-0.25, -0.2) is 9.59 Å². The zero-order chi connectivity index (χ0) is 16.5. The summed E-state index contributed by atoms with van der Waals surface area (Å²) in [5, 5.41) is 4.82. The minimum atomic E-state index is -0.565. The highest BCUT2D eigenvalue weighted by molar-refractivity contribution is 5.71. The van der Waals surface area contributed by atoms with Crippen LogP contribution in [0.15, 0.2) is 0 Å². The number of nitrogens with one attached hydrogen (secondary N) is 2. The number of nitrogens with two attached hydrogens (primary N) is 2. The van der Waals surface area contributed by atoms with Crippen LogP contribution in [-0.4, -0.2) is 78.0 Å². The van der Waals surface area contributed by atoms with Crippen LogP contribution in [0.3, 0.4) is 0 Å². The standard InChI is InChI=1S/C12H26N4O6/c13-11(17)15-1-3-19-5-7-21-9-10-22-8-6-20-4-2-16-12(14)18/h1-10H2,(H3,13,15,17)(H3,14,16,18). The van der Waals surface area contributed by atoms with E-state index in [1.807, 2.05) is 0 Å². The minimum Gasteiger partial charge on any atom is -0.377 e. The molecular formula is C12H26N4O6. The fourth-order valence-electron chi connectivity index (χ4n) is 1.25. The fourth-order valence-corrected chi connectivity index (χ4v) is 1.25. The lowest BCUT2D eigenvalue weighted by molar-refractivity contribution is -0.000768. The van der Waals surface area contributed by atoms with Gasteiger partial charge in [0.15, 0.2) is 0 Å². The third-order valence-corrected chi connectivity index (χ3v) is 2.21. The number of hydrogen-bond acceptors (Lipinski definition) is 6. The van der Waals surface area contributed by atoms with E-state index in [0.717, 1.165) is 0 Å². The van der Waals surface area contributed by atoms with Crippen molar-refractivity contribution in [1.29, 1.82) is 0 Å². The van der Waals surface area contributed by atoms with Gasteiger partial charge in [0.05, 0.1) is 52.9 Å². The summed E-state index contributed by atoms with van der Waals surface area (Å²) in [5.41, 5.74) is 9.77. The third-order valence-electron chi connectivity index (χ3n) is 2.21. The van der Waals surface area contributed by atoms with Gasteiger partial charge in [-0.1, -0.05) is 0 Å². The van der Waals surface area contributed by atoms with Gasteiger partial charge in [-0.15, -0.1) is 0 Å². The second kappa shape index (κ2) is 15.8. The quantitative estimate of drug-likeness (QED) is 0.267. The fraction of sp³-hybridized carbons (Fsp3) is 0.833. The predicted octanol–water partition coefficient (Wildman–Crippen LogP) is -1.61. The van der Waals surface area contributed by atoms with Crippen molar-refractivity contribution < 1.29 is 28.5 Å². The SMILES string of the molecule is NC(=O)NCCOCCOCCOCCOCCNC(N)=O. The molecule has 4 amide bonds. The van der Waals surface area contributed by atoms with Crippen LogP contribution in [0.25, 0.3) is 0 Å². The third kappa shape index (κ3) is 18.4. The molecule has 6 N–H and O–H groups in total. The first-order valence-corrected chi connectivity index (χ1v) is 7.00. The number of rotatable bonds is 15. The summed E-state index contributed by atoms with van der Waals surface area (Å²) in [6, 6.07) is -1.13. The summed E-state index contributed by atoms with van der Waals surface area (Å²) >= 11 is 0. The van der Waals surface area contributed by atoms with E-state index >= 15 is 0 Å². The molecule has 0 fully saturated rings. The second-order valence-corrected chi connectivity index (χ2v) is 4.03. The maximum atomic E-state index is 10.3. The van der Waals surface area contributed by atoms with Crippen LogP contribution >= 0.6 is 0 Å². The smallest absolute Gasteiger partial charge is 0.312 e. The van der Waals surface area contributed by atoms with E-state index in [-0.39, 0.29) is 0 Å². The summed E-state index contributed by atoms with van der Waals surface area (Å²) in [5.74, 6) is 0. The average Bonchev–Trinajstić information content (AvgIpc) is 2.46. The molecular weight excluding hydrogens is 296 g/mol. The molecule has 0 atom stereocenters. The molecule has 0 rings (SSSR count). The lowest BCUT2D eigenvalue weighted by atomic mass is 10.6. The number of amides is 4. The highest BCUT2D eigenvalue weighted by atomic mass is 16.6. The first-order valence-electron chi connectivity index (χ1n) is 7.00. The van der Waals surface area contributed by atoms with Gasteiger partial charge in [-0.05, 0) is 0 Å². The molecule has 0 saturated carbocycles. The van der Waals surface area contributed by atoms with Gasteiger partial charge in [-0.3, -0.25) is 0 Å². The molecule has 0 aliphatic heterocycles. The van der Waals surface area contributed by atoms with Crippen LogP contribution in [0, 0.1) is 0 Å². The van der Waals surface area contributed by atoms with Crippen LogP contribution < -0.4 is 22.1 Å². The number of ether oxygens (including phenoxy) is 4. The van der Waals surface area contributed by atoms with Crippen LogP contribution in [0.4, 0.5) is 9.59 Å². The van der Waals surface area contributed by atoms with Crippen molar-refractivity contribution in [3.63, 3.8) is 0 Å². The number of urea groups is 2. The zero-order valence-electron chi connectivity index (χ0n) is 12.7. The van der Waals surface area contributed by atoms with Crippen molar-refractivity contribution in [3.8, 4) is 0 Å². The van der Waals surface area contributed by atoms with E-state index in [4.69, 9.17) is 30.4 Å². The molecule has 0 saturated heterocycles. The van der Waals surface area contributed by atoms with Crippen molar-refractivity contribution >= 4 is 12.1 Å². The number of carbonyl (C=O) groups excluding carboxylic acids is 2. The molecule has 0 unspecified atom stereocenters. The molecule has 0 aromatic rings. The number of carbonyl (C=O) groups is 2. The number of primary amides is 2. The topological polar surface area (TPSA) is 147 Å². The Morgan fingerprint density at radius 3 is 1.14 bits per heavy atom. The largest absolute Gasteiger partial charge is 0.377 e. The Balaban J connectivity index is 2.99. The van der Waals surface area contributed by atoms with Crippen molar-refractivity contribution in [2.75, 3.05) is 65.9 Å². The van der Waals surface area contributed by atoms with E-state index in [1.54, 1.807) is 0 Å².